The van der Waals surface area contributed by atoms with Crippen molar-refractivity contribution in [2.24, 2.45) is 0 Å². The van der Waals surface area contributed by atoms with E-state index in [0.29, 0.717) is 37.4 Å². The molecule has 2 N–H and O–H groups in total. The van der Waals surface area contributed by atoms with E-state index in [1.165, 1.54) is 6.92 Å². The third kappa shape index (κ3) is 6.20. The lowest BCUT2D eigenvalue weighted by atomic mass is 10.1. The van der Waals surface area contributed by atoms with Crippen LogP contribution >= 0.6 is 0 Å². The van der Waals surface area contributed by atoms with Crippen LogP contribution in [0.3, 0.4) is 0 Å². The fourth-order valence-corrected chi connectivity index (χ4v) is 5.45. The molecule has 0 saturated carbocycles. The summed E-state index contributed by atoms with van der Waals surface area (Å²) in [5.74, 6) is -0.121. The zero-order chi connectivity index (χ0) is 28.1. The molecule has 0 aliphatic carbocycles. The summed E-state index contributed by atoms with van der Waals surface area (Å²) >= 11 is 0. The van der Waals surface area contributed by atoms with Crippen molar-refractivity contribution in [1.82, 2.24) is 14.8 Å². The van der Waals surface area contributed by atoms with E-state index >= 15 is 0 Å². The van der Waals surface area contributed by atoms with Crippen molar-refractivity contribution >= 4 is 35.1 Å². The molecule has 1 aromatic heterocycles. The Morgan fingerprint density at radius 1 is 0.775 bits per heavy atom. The van der Waals surface area contributed by atoms with Crippen LogP contribution in [0, 0.1) is 0 Å². The molecule has 206 valence electrons. The minimum Gasteiger partial charge on any atom is -0.331 e. The Kier molecular flexibility index (Phi) is 8.19. The molecule has 40 heavy (non-hydrogen) atoms. The summed E-state index contributed by atoms with van der Waals surface area (Å²) < 4.78 is 0. The van der Waals surface area contributed by atoms with E-state index in [1.54, 1.807) is 22.1 Å². The number of nitrogens with one attached hydrogen (secondary N) is 2. The van der Waals surface area contributed by atoms with Crippen molar-refractivity contribution in [1.29, 1.82) is 0 Å². The lowest BCUT2D eigenvalue weighted by Gasteiger charge is -2.24. The monoisotopic (exact) mass is 539 g/mol. The molecular formula is C31H33N5O4. The summed E-state index contributed by atoms with van der Waals surface area (Å²) in [6.45, 7) is 2.67. The van der Waals surface area contributed by atoms with Crippen LogP contribution in [0.25, 0.3) is 11.1 Å². The molecule has 3 heterocycles. The fourth-order valence-electron chi connectivity index (χ4n) is 5.45. The number of carbonyl (C=O) groups is 4. The van der Waals surface area contributed by atoms with Crippen molar-refractivity contribution in [3.63, 3.8) is 0 Å². The third-order valence-electron chi connectivity index (χ3n) is 7.53. The first-order valence-corrected chi connectivity index (χ1v) is 13.7. The molecule has 2 aliphatic heterocycles. The summed E-state index contributed by atoms with van der Waals surface area (Å²) in [5, 5.41) is 5.77. The van der Waals surface area contributed by atoms with Gasteiger partial charge in [0.15, 0.2) is 0 Å². The molecule has 0 bridgehead atoms. The molecule has 0 unspecified atom stereocenters. The van der Waals surface area contributed by atoms with Crippen molar-refractivity contribution in [3.8, 4) is 11.1 Å². The van der Waals surface area contributed by atoms with Crippen LogP contribution in [0.1, 0.15) is 38.2 Å². The molecule has 2 atom stereocenters. The van der Waals surface area contributed by atoms with Gasteiger partial charge in [-0.05, 0) is 61.1 Å². The Bertz CT molecular complexity index is 1380. The van der Waals surface area contributed by atoms with Crippen LogP contribution in [0.15, 0.2) is 72.9 Å². The Morgan fingerprint density at radius 3 is 2.05 bits per heavy atom. The van der Waals surface area contributed by atoms with Crippen LogP contribution in [0.2, 0.25) is 0 Å². The predicted molar refractivity (Wildman–Crippen MR) is 152 cm³/mol. The first-order chi connectivity index (χ1) is 19.4. The summed E-state index contributed by atoms with van der Waals surface area (Å²) in [5.41, 5.74) is 3.35. The highest BCUT2D eigenvalue weighted by Gasteiger charge is 2.34. The number of rotatable bonds is 7. The standard InChI is InChI=1S/C31H33N5O4/c1-21(37)35-17-5-9-26(35)30(39)33-25-14-11-23(12-15-25)24-13-16-28(32-20-24)34-31(40)27-10-6-18-36(27)29(38)19-22-7-3-2-4-8-22/h2-4,7-8,11-16,20,26-27H,5-6,9-10,17-19H2,1H3,(H,33,39)(H,32,34,40)/t26-,27-/m0/s1. The van der Waals surface area contributed by atoms with Crippen molar-refractivity contribution < 1.29 is 19.2 Å². The molecule has 2 aliphatic rings. The number of anilines is 2. The van der Waals surface area contributed by atoms with Gasteiger partial charge < -0.3 is 20.4 Å². The van der Waals surface area contributed by atoms with E-state index in [2.05, 4.69) is 15.6 Å². The number of carbonyl (C=O) groups excluding carboxylic acids is 4. The van der Waals surface area contributed by atoms with E-state index < -0.39 is 12.1 Å². The highest BCUT2D eigenvalue weighted by Crippen LogP contribution is 2.25. The Morgan fingerprint density at radius 2 is 1.40 bits per heavy atom. The lowest BCUT2D eigenvalue weighted by Crippen LogP contribution is -2.43. The number of amides is 4. The van der Waals surface area contributed by atoms with Gasteiger partial charge in [-0.25, -0.2) is 4.98 Å². The molecule has 3 aromatic rings. The summed E-state index contributed by atoms with van der Waals surface area (Å²) in [4.78, 5) is 58.0. The maximum atomic E-state index is 13.0. The molecule has 0 radical (unpaired) electrons. The third-order valence-corrected chi connectivity index (χ3v) is 7.53. The average Bonchev–Trinajstić information content (AvgIpc) is 3.65. The quantitative estimate of drug-likeness (QED) is 0.474. The maximum absolute atomic E-state index is 13.0. The second kappa shape index (κ2) is 12.1. The van der Waals surface area contributed by atoms with Crippen molar-refractivity contribution in [2.45, 2.75) is 51.1 Å². The van der Waals surface area contributed by atoms with Gasteiger partial charge in [-0.15, -0.1) is 0 Å². The Labute approximate surface area is 233 Å². The highest BCUT2D eigenvalue weighted by atomic mass is 16.2. The average molecular weight is 540 g/mol. The number of pyridine rings is 1. The van der Waals surface area contributed by atoms with E-state index in [-0.39, 0.29) is 30.0 Å². The van der Waals surface area contributed by atoms with Crippen LogP contribution in [-0.2, 0) is 25.6 Å². The van der Waals surface area contributed by atoms with E-state index in [9.17, 15) is 19.2 Å². The van der Waals surface area contributed by atoms with Gasteiger partial charge in [-0.3, -0.25) is 19.2 Å². The predicted octanol–water partition coefficient (Wildman–Crippen LogP) is 3.87. The lowest BCUT2D eigenvalue weighted by molar-refractivity contribution is -0.136. The largest absolute Gasteiger partial charge is 0.331 e. The molecular weight excluding hydrogens is 506 g/mol. The van der Waals surface area contributed by atoms with Crippen molar-refractivity contribution in [3.05, 3.63) is 78.5 Å². The van der Waals surface area contributed by atoms with Gasteiger partial charge in [0.1, 0.15) is 17.9 Å². The molecule has 2 aromatic carbocycles. The van der Waals surface area contributed by atoms with E-state index in [4.69, 9.17) is 0 Å². The van der Waals surface area contributed by atoms with Gasteiger partial charge in [-0.1, -0.05) is 42.5 Å². The zero-order valence-electron chi connectivity index (χ0n) is 22.5. The van der Waals surface area contributed by atoms with Crippen LogP contribution in [-0.4, -0.2) is 63.6 Å². The topological polar surface area (TPSA) is 112 Å². The van der Waals surface area contributed by atoms with Gasteiger partial charge >= 0.3 is 0 Å². The number of likely N-dealkylation sites (tertiary alicyclic amines) is 2. The Balaban J connectivity index is 1.16. The normalized spacial score (nSPS) is 18.4. The first-order valence-electron chi connectivity index (χ1n) is 13.7. The molecule has 9 nitrogen and oxygen atoms in total. The summed E-state index contributed by atoms with van der Waals surface area (Å²) in [6, 6.07) is 19.6. The summed E-state index contributed by atoms with van der Waals surface area (Å²) in [6.07, 6.45) is 4.86. The summed E-state index contributed by atoms with van der Waals surface area (Å²) in [7, 11) is 0. The van der Waals surface area contributed by atoms with Gasteiger partial charge in [0.05, 0.1) is 6.42 Å². The molecule has 9 heteroatoms. The van der Waals surface area contributed by atoms with Gasteiger partial charge in [0.2, 0.25) is 23.6 Å². The zero-order valence-corrected chi connectivity index (χ0v) is 22.5. The minimum atomic E-state index is -0.507. The van der Waals surface area contributed by atoms with Crippen LogP contribution < -0.4 is 10.6 Å². The van der Waals surface area contributed by atoms with Crippen LogP contribution in [0.5, 0.6) is 0 Å². The SMILES string of the molecule is CC(=O)N1CCC[C@H]1C(=O)Nc1ccc(-c2ccc(NC(=O)[C@@H]3CCCN3C(=O)Cc3ccccc3)nc2)cc1. The molecule has 0 spiro atoms. The van der Waals surface area contributed by atoms with Crippen molar-refractivity contribution in [2.75, 3.05) is 23.7 Å². The van der Waals surface area contributed by atoms with E-state index in [0.717, 1.165) is 29.5 Å². The number of hydrogen-bond donors (Lipinski definition) is 2. The van der Waals surface area contributed by atoms with Crippen LogP contribution in [0.4, 0.5) is 11.5 Å². The minimum absolute atomic E-state index is 0.0498. The smallest absolute Gasteiger partial charge is 0.248 e. The maximum Gasteiger partial charge on any atom is 0.248 e. The van der Waals surface area contributed by atoms with E-state index in [1.807, 2.05) is 60.7 Å². The van der Waals surface area contributed by atoms with Gasteiger partial charge in [-0.2, -0.15) is 0 Å². The molecule has 4 amide bonds. The number of hydrogen-bond acceptors (Lipinski definition) is 5. The van der Waals surface area contributed by atoms with Gasteiger partial charge in [0.25, 0.3) is 0 Å². The second-order valence-electron chi connectivity index (χ2n) is 10.3. The number of nitrogens with zero attached hydrogens (tertiary/aromatic N) is 3. The highest BCUT2D eigenvalue weighted by molar-refractivity contribution is 5.98. The Hall–Kier alpha value is -4.53. The second-order valence-corrected chi connectivity index (χ2v) is 10.3. The fraction of sp³-hybridized carbons (Fsp3) is 0.323. The number of benzene rings is 2. The molecule has 2 fully saturated rings. The first kappa shape index (κ1) is 27.1. The number of aromatic nitrogens is 1. The van der Waals surface area contributed by atoms with Gasteiger partial charge in [0, 0.05) is 37.5 Å². The molecule has 2 saturated heterocycles. The molecule has 5 rings (SSSR count).